The fraction of sp³-hybridized carbons (Fsp3) is 0.727. The quantitative estimate of drug-likeness (QED) is 0.292. The van der Waals surface area contributed by atoms with E-state index in [1.54, 1.807) is 0 Å². The Hall–Kier alpha value is -0.773. The average Bonchev–Trinajstić information content (AvgIpc) is 2.62. The molecule has 0 nitrogen and oxygen atoms in total. The van der Waals surface area contributed by atoms with Crippen molar-refractivity contribution in [3.8, 4) is 0 Å². The first-order valence-electron chi connectivity index (χ1n) is 10.7. The Morgan fingerprint density at radius 2 is 1.65 bits per heavy atom. The Balaban J connectivity index is 1.93. The summed E-state index contributed by atoms with van der Waals surface area (Å²) >= 11 is 0. The molecule has 0 saturated carbocycles. The second-order valence-electron chi connectivity index (χ2n) is 8.12. The SMILES string of the molecule is CCCCCC[C@H](F)Cc1c(F)cc([C@H]2CC[Si@H](CCC)CC2)cc1F. The molecule has 0 aliphatic carbocycles. The van der Waals surface area contributed by atoms with Crippen LogP contribution < -0.4 is 0 Å². The molecule has 1 saturated heterocycles. The Morgan fingerprint density at radius 3 is 2.23 bits per heavy atom. The second-order valence-corrected chi connectivity index (χ2v) is 11.6. The minimum absolute atomic E-state index is 0.0641. The van der Waals surface area contributed by atoms with Crippen LogP contribution in [-0.2, 0) is 6.42 Å². The standard InChI is InChI=1S/C22H35F3Si/c1-3-5-6-7-8-19(23)16-20-21(24)14-18(15-22(20)25)17-9-12-26(11-4-2)13-10-17/h14-15,17,19,26H,3-13,16H2,1-2H3/t17-,19-,26-/m0/s1. The lowest BCUT2D eigenvalue weighted by Gasteiger charge is -2.28. The Bertz CT molecular complexity index is 515. The molecular weight excluding hydrogens is 349 g/mol. The maximum atomic E-state index is 14.5. The van der Waals surface area contributed by atoms with Crippen LogP contribution in [0.2, 0.25) is 18.1 Å². The Kier molecular flexibility index (Phi) is 9.24. The smallest absolute Gasteiger partial charge is 0.129 e. The first kappa shape index (κ1) is 21.5. The van der Waals surface area contributed by atoms with E-state index < -0.39 is 26.6 Å². The minimum Gasteiger partial charge on any atom is -0.247 e. The number of unbranched alkanes of at least 4 members (excludes halogenated alkanes) is 3. The van der Waals surface area contributed by atoms with E-state index in [2.05, 4.69) is 13.8 Å². The first-order chi connectivity index (χ1) is 12.5. The molecule has 0 aromatic heterocycles. The van der Waals surface area contributed by atoms with Gasteiger partial charge in [0, 0.05) is 20.8 Å². The number of benzene rings is 1. The largest absolute Gasteiger partial charge is 0.247 e. The lowest BCUT2D eigenvalue weighted by Crippen LogP contribution is -2.20. The molecule has 0 bridgehead atoms. The summed E-state index contributed by atoms with van der Waals surface area (Å²) in [5.74, 6) is -0.822. The van der Waals surface area contributed by atoms with Crippen molar-refractivity contribution in [2.75, 3.05) is 0 Å². The summed E-state index contributed by atoms with van der Waals surface area (Å²) in [6.45, 7) is 4.35. The number of rotatable bonds is 10. The van der Waals surface area contributed by atoms with Crippen molar-refractivity contribution in [1.82, 2.24) is 0 Å². The van der Waals surface area contributed by atoms with E-state index in [0.717, 1.165) is 44.1 Å². The molecule has 1 aliphatic heterocycles. The molecule has 1 aromatic carbocycles. The number of hydrogen-bond acceptors (Lipinski definition) is 0. The average molecular weight is 385 g/mol. The lowest BCUT2D eigenvalue weighted by atomic mass is 9.91. The summed E-state index contributed by atoms with van der Waals surface area (Å²) in [5, 5.41) is 0. The zero-order valence-corrected chi connectivity index (χ0v) is 17.7. The highest BCUT2D eigenvalue weighted by Gasteiger charge is 2.25. The van der Waals surface area contributed by atoms with Crippen molar-refractivity contribution < 1.29 is 13.2 Å². The fourth-order valence-corrected chi connectivity index (χ4v) is 7.79. The topological polar surface area (TPSA) is 0 Å². The van der Waals surface area contributed by atoms with E-state index in [1.165, 1.54) is 36.7 Å². The van der Waals surface area contributed by atoms with Crippen molar-refractivity contribution in [1.29, 1.82) is 0 Å². The molecule has 148 valence electrons. The van der Waals surface area contributed by atoms with Crippen LogP contribution in [0, 0.1) is 11.6 Å². The van der Waals surface area contributed by atoms with E-state index in [1.807, 2.05) is 0 Å². The van der Waals surface area contributed by atoms with E-state index >= 15 is 0 Å². The van der Waals surface area contributed by atoms with Gasteiger partial charge in [-0.3, -0.25) is 0 Å². The maximum absolute atomic E-state index is 14.5. The van der Waals surface area contributed by atoms with Gasteiger partial charge < -0.3 is 0 Å². The van der Waals surface area contributed by atoms with E-state index in [0.29, 0.717) is 6.42 Å². The van der Waals surface area contributed by atoms with Gasteiger partial charge in [-0.25, -0.2) is 13.2 Å². The molecule has 1 fully saturated rings. The Morgan fingerprint density at radius 1 is 1.00 bits per heavy atom. The van der Waals surface area contributed by atoms with Gasteiger partial charge in [0.25, 0.3) is 0 Å². The zero-order chi connectivity index (χ0) is 18.9. The van der Waals surface area contributed by atoms with E-state index in [9.17, 15) is 13.2 Å². The summed E-state index contributed by atoms with van der Waals surface area (Å²) < 4.78 is 43.1. The molecule has 1 aromatic rings. The van der Waals surface area contributed by atoms with Gasteiger partial charge in [0.2, 0.25) is 0 Å². The van der Waals surface area contributed by atoms with Crippen LogP contribution in [-0.4, -0.2) is 15.0 Å². The van der Waals surface area contributed by atoms with Gasteiger partial charge in [0.15, 0.2) is 0 Å². The van der Waals surface area contributed by atoms with Crippen LogP contribution in [0.4, 0.5) is 13.2 Å². The molecule has 1 heterocycles. The third-order valence-electron chi connectivity index (χ3n) is 5.97. The van der Waals surface area contributed by atoms with Crippen LogP contribution in [0.5, 0.6) is 0 Å². The third-order valence-corrected chi connectivity index (χ3v) is 9.67. The summed E-state index contributed by atoms with van der Waals surface area (Å²) in [7, 11) is -0.596. The van der Waals surface area contributed by atoms with Gasteiger partial charge in [-0.1, -0.05) is 64.1 Å². The normalized spacial score (nSPS) is 21.7. The molecule has 4 heteroatoms. The molecule has 1 aliphatic rings. The predicted octanol–water partition coefficient (Wildman–Crippen LogP) is 7.33. The third kappa shape index (κ3) is 6.44. The number of halogens is 3. The molecule has 0 amide bonds. The summed E-state index contributed by atoms with van der Waals surface area (Å²) in [6.07, 6.45) is 6.48. The second kappa shape index (κ2) is 11.2. The maximum Gasteiger partial charge on any atom is 0.129 e. The molecule has 0 unspecified atom stereocenters. The van der Waals surface area contributed by atoms with E-state index in [4.69, 9.17) is 0 Å². The lowest BCUT2D eigenvalue weighted by molar-refractivity contribution is 0.297. The number of alkyl halides is 1. The van der Waals surface area contributed by atoms with Crippen molar-refractivity contribution in [3.05, 3.63) is 34.9 Å². The van der Waals surface area contributed by atoms with Gasteiger partial charge in [-0.15, -0.1) is 0 Å². The molecule has 0 radical (unpaired) electrons. The summed E-state index contributed by atoms with van der Waals surface area (Å²) in [4.78, 5) is 0. The van der Waals surface area contributed by atoms with Gasteiger partial charge in [-0.2, -0.15) is 0 Å². The highest BCUT2D eigenvalue weighted by atomic mass is 28.3. The van der Waals surface area contributed by atoms with Gasteiger partial charge >= 0.3 is 0 Å². The van der Waals surface area contributed by atoms with Crippen LogP contribution >= 0.6 is 0 Å². The van der Waals surface area contributed by atoms with Crippen LogP contribution in [0.1, 0.15) is 82.3 Å². The number of hydrogen-bond donors (Lipinski definition) is 0. The van der Waals surface area contributed by atoms with E-state index in [-0.39, 0.29) is 17.9 Å². The van der Waals surface area contributed by atoms with Crippen LogP contribution in [0.3, 0.4) is 0 Å². The van der Waals surface area contributed by atoms with Gasteiger partial charge in [0.05, 0.1) is 0 Å². The molecule has 0 spiro atoms. The molecular formula is C22H35F3Si. The zero-order valence-electron chi connectivity index (χ0n) is 16.5. The molecule has 0 N–H and O–H groups in total. The van der Waals surface area contributed by atoms with Gasteiger partial charge in [0.1, 0.15) is 17.8 Å². The van der Waals surface area contributed by atoms with Crippen molar-refractivity contribution in [2.45, 2.75) is 102 Å². The fourth-order valence-electron chi connectivity index (χ4n) is 4.36. The van der Waals surface area contributed by atoms with Crippen molar-refractivity contribution >= 4 is 8.80 Å². The first-order valence-corrected chi connectivity index (χ1v) is 13.1. The Labute approximate surface area is 159 Å². The summed E-state index contributed by atoms with van der Waals surface area (Å²) in [6, 6.07) is 6.93. The predicted molar refractivity (Wildman–Crippen MR) is 108 cm³/mol. The van der Waals surface area contributed by atoms with Crippen molar-refractivity contribution in [2.24, 2.45) is 0 Å². The summed E-state index contributed by atoms with van der Waals surface area (Å²) in [5.41, 5.74) is 0.719. The monoisotopic (exact) mass is 384 g/mol. The van der Waals surface area contributed by atoms with Crippen molar-refractivity contribution in [3.63, 3.8) is 0 Å². The van der Waals surface area contributed by atoms with Gasteiger partial charge in [-0.05, 0) is 42.9 Å². The molecule has 1 atom stereocenters. The highest BCUT2D eigenvalue weighted by molar-refractivity contribution is 6.59. The van der Waals surface area contributed by atoms with Crippen LogP contribution in [0.25, 0.3) is 0 Å². The molecule has 2 rings (SSSR count). The molecule has 26 heavy (non-hydrogen) atoms. The minimum atomic E-state index is -1.16. The highest BCUT2D eigenvalue weighted by Crippen LogP contribution is 2.36. The van der Waals surface area contributed by atoms with Crippen LogP contribution in [0.15, 0.2) is 12.1 Å².